The molecule has 1 aromatic heterocycles. The predicted molar refractivity (Wildman–Crippen MR) is 78.2 cm³/mol. The molecule has 1 atom stereocenters. The van der Waals surface area contributed by atoms with E-state index in [0.717, 1.165) is 28.0 Å². The fourth-order valence-electron chi connectivity index (χ4n) is 2.35. The maximum atomic E-state index is 6.32. The van der Waals surface area contributed by atoms with Gasteiger partial charge in [0.05, 0.1) is 11.7 Å². The molecule has 0 saturated heterocycles. The van der Waals surface area contributed by atoms with Crippen LogP contribution in [0.2, 0.25) is 0 Å². The molecular weight excluding hydrogens is 236 g/mol. The summed E-state index contributed by atoms with van der Waals surface area (Å²) in [6.45, 7) is 0. The van der Waals surface area contributed by atoms with Gasteiger partial charge in [0.1, 0.15) is 11.3 Å². The number of nitrogens with one attached hydrogen (secondary N) is 1. The van der Waals surface area contributed by atoms with E-state index < -0.39 is 0 Å². The lowest BCUT2D eigenvalue weighted by molar-refractivity contribution is 0.527. The Bertz CT molecular complexity index is 688. The maximum Gasteiger partial charge on any atom is 0.149 e. The van der Waals surface area contributed by atoms with Crippen LogP contribution in [0, 0.1) is 0 Å². The van der Waals surface area contributed by atoms with E-state index in [2.05, 4.69) is 5.32 Å². The fourth-order valence-corrected chi connectivity index (χ4v) is 2.35. The summed E-state index contributed by atoms with van der Waals surface area (Å²) in [7, 11) is 1.89. The van der Waals surface area contributed by atoms with Gasteiger partial charge >= 0.3 is 0 Å². The van der Waals surface area contributed by atoms with Crippen LogP contribution in [0.5, 0.6) is 0 Å². The van der Waals surface area contributed by atoms with E-state index in [0.29, 0.717) is 0 Å². The molecule has 3 nitrogen and oxygen atoms in total. The molecule has 0 saturated carbocycles. The summed E-state index contributed by atoms with van der Waals surface area (Å²) in [6.07, 6.45) is 0. The van der Waals surface area contributed by atoms with Gasteiger partial charge in [-0.15, -0.1) is 0 Å². The van der Waals surface area contributed by atoms with Crippen molar-refractivity contribution in [2.75, 3.05) is 12.4 Å². The molecule has 0 spiro atoms. The van der Waals surface area contributed by atoms with E-state index in [9.17, 15) is 0 Å². The Labute approximate surface area is 112 Å². The first-order valence-corrected chi connectivity index (χ1v) is 6.31. The molecule has 0 fully saturated rings. The lowest BCUT2D eigenvalue weighted by Gasteiger charge is -2.11. The van der Waals surface area contributed by atoms with Crippen LogP contribution in [0.3, 0.4) is 0 Å². The third-order valence-corrected chi connectivity index (χ3v) is 3.31. The molecule has 0 amide bonds. The van der Waals surface area contributed by atoms with E-state index in [1.54, 1.807) is 0 Å². The highest BCUT2D eigenvalue weighted by atomic mass is 16.3. The van der Waals surface area contributed by atoms with Gasteiger partial charge in [0, 0.05) is 12.4 Å². The minimum Gasteiger partial charge on any atom is -0.457 e. The molecule has 3 heteroatoms. The molecular formula is C16H16N2O. The molecule has 3 aromatic rings. The van der Waals surface area contributed by atoms with Crippen LogP contribution in [0.4, 0.5) is 5.69 Å². The Morgan fingerprint density at radius 3 is 2.42 bits per heavy atom. The summed E-state index contributed by atoms with van der Waals surface area (Å²) in [5.74, 6) is 0.773. The largest absolute Gasteiger partial charge is 0.457 e. The first-order valence-electron chi connectivity index (χ1n) is 6.31. The first-order chi connectivity index (χ1) is 9.31. The Kier molecular flexibility index (Phi) is 2.97. The van der Waals surface area contributed by atoms with Gasteiger partial charge in [0.2, 0.25) is 0 Å². The highest BCUT2D eigenvalue weighted by Gasteiger charge is 2.20. The molecule has 1 heterocycles. The van der Waals surface area contributed by atoms with Crippen LogP contribution in [-0.2, 0) is 0 Å². The molecule has 19 heavy (non-hydrogen) atoms. The van der Waals surface area contributed by atoms with Crippen molar-refractivity contribution in [3.63, 3.8) is 0 Å². The van der Waals surface area contributed by atoms with Crippen LogP contribution in [-0.4, -0.2) is 7.05 Å². The summed E-state index contributed by atoms with van der Waals surface area (Å²) < 4.78 is 5.92. The van der Waals surface area contributed by atoms with Gasteiger partial charge in [-0.1, -0.05) is 42.5 Å². The number of anilines is 1. The first kappa shape index (κ1) is 11.8. The highest BCUT2D eigenvalue weighted by molar-refractivity contribution is 5.92. The van der Waals surface area contributed by atoms with Gasteiger partial charge in [-0.25, -0.2) is 0 Å². The number of furan rings is 1. The van der Waals surface area contributed by atoms with Gasteiger partial charge in [-0.3, -0.25) is 0 Å². The van der Waals surface area contributed by atoms with Crippen LogP contribution in [0.15, 0.2) is 59.0 Å². The number of rotatable bonds is 3. The van der Waals surface area contributed by atoms with Crippen molar-refractivity contribution in [3.05, 3.63) is 65.9 Å². The molecule has 3 rings (SSSR count). The average Bonchev–Trinajstić information content (AvgIpc) is 2.85. The van der Waals surface area contributed by atoms with Gasteiger partial charge in [-0.2, -0.15) is 0 Å². The molecule has 0 bridgehead atoms. The van der Waals surface area contributed by atoms with Crippen molar-refractivity contribution in [1.82, 2.24) is 0 Å². The smallest absolute Gasteiger partial charge is 0.149 e. The predicted octanol–water partition coefficient (Wildman–Crippen LogP) is 3.52. The minimum atomic E-state index is -0.268. The zero-order chi connectivity index (χ0) is 13.2. The van der Waals surface area contributed by atoms with Crippen molar-refractivity contribution in [2.45, 2.75) is 6.04 Å². The number of hydrogen-bond donors (Lipinski definition) is 2. The van der Waals surface area contributed by atoms with Crippen LogP contribution < -0.4 is 11.1 Å². The van der Waals surface area contributed by atoms with Gasteiger partial charge in [-0.05, 0) is 17.7 Å². The Morgan fingerprint density at radius 2 is 1.68 bits per heavy atom. The van der Waals surface area contributed by atoms with E-state index in [-0.39, 0.29) is 6.04 Å². The monoisotopic (exact) mass is 252 g/mol. The van der Waals surface area contributed by atoms with Gasteiger partial charge < -0.3 is 15.5 Å². The number of nitrogens with two attached hydrogens (primary N) is 1. The maximum absolute atomic E-state index is 6.32. The Hall–Kier alpha value is -2.26. The van der Waals surface area contributed by atoms with Crippen LogP contribution in [0.1, 0.15) is 17.4 Å². The van der Waals surface area contributed by atoms with Gasteiger partial charge in [0.25, 0.3) is 0 Å². The van der Waals surface area contributed by atoms with E-state index in [1.807, 2.05) is 61.6 Å². The lowest BCUT2D eigenvalue weighted by Crippen LogP contribution is -2.12. The normalized spacial score (nSPS) is 12.5. The zero-order valence-electron chi connectivity index (χ0n) is 10.8. The number of benzene rings is 2. The van der Waals surface area contributed by atoms with Crippen molar-refractivity contribution in [1.29, 1.82) is 0 Å². The SMILES string of the molecule is CNc1c(C(N)c2ccccc2)oc2ccccc12. The fraction of sp³-hybridized carbons (Fsp3) is 0.125. The van der Waals surface area contributed by atoms with Crippen molar-refractivity contribution >= 4 is 16.7 Å². The minimum absolute atomic E-state index is 0.268. The summed E-state index contributed by atoms with van der Waals surface area (Å²) >= 11 is 0. The van der Waals surface area contributed by atoms with E-state index in [4.69, 9.17) is 10.2 Å². The standard InChI is InChI=1S/C16H16N2O/c1-18-15-12-9-5-6-10-13(12)19-16(15)14(17)11-7-3-2-4-8-11/h2-10,14,18H,17H2,1H3. The third-order valence-electron chi connectivity index (χ3n) is 3.31. The zero-order valence-corrected chi connectivity index (χ0v) is 10.8. The number of hydrogen-bond acceptors (Lipinski definition) is 3. The van der Waals surface area contributed by atoms with Crippen molar-refractivity contribution in [3.8, 4) is 0 Å². The molecule has 0 aliphatic carbocycles. The lowest BCUT2D eigenvalue weighted by atomic mass is 10.0. The molecule has 0 aliphatic rings. The quantitative estimate of drug-likeness (QED) is 0.749. The number of fused-ring (bicyclic) bond motifs is 1. The topological polar surface area (TPSA) is 51.2 Å². The molecule has 3 N–H and O–H groups in total. The second kappa shape index (κ2) is 4.78. The summed E-state index contributed by atoms with van der Waals surface area (Å²) in [4.78, 5) is 0. The molecule has 0 radical (unpaired) electrons. The van der Waals surface area contributed by atoms with Crippen molar-refractivity contribution < 1.29 is 4.42 Å². The average molecular weight is 252 g/mol. The highest BCUT2D eigenvalue weighted by Crippen LogP contribution is 2.35. The van der Waals surface area contributed by atoms with Crippen LogP contribution >= 0.6 is 0 Å². The molecule has 2 aromatic carbocycles. The van der Waals surface area contributed by atoms with Crippen molar-refractivity contribution in [2.24, 2.45) is 5.73 Å². The number of para-hydroxylation sites is 1. The summed E-state index contributed by atoms with van der Waals surface area (Å²) in [5.41, 5.74) is 9.18. The molecule has 96 valence electrons. The Morgan fingerprint density at radius 1 is 1.00 bits per heavy atom. The second-order valence-corrected chi connectivity index (χ2v) is 4.48. The van der Waals surface area contributed by atoms with E-state index >= 15 is 0 Å². The van der Waals surface area contributed by atoms with Crippen LogP contribution in [0.25, 0.3) is 11.0 Å². The van der Waals surface area contributed by atoms with E-state index in [1.165, 1.54) is 0 Å². The van der Waals surface area contributed by atoms with Gasteiger partial charge in [0.15, 0.2) is 0 Å². The summed E-state index contributed by atoms with van der Waals surface area (Å²) in [5, 5.41) is 4.26. The third kappa shape index (κ3) is 1.98. The summed E-state index contributed by atoms with van der Waals surface area (Å²) in [6, 6.07) is 17.6. The second-order valence-electron chi connectivity index (χ2n) is 4.48. The molecule has 1 unspecified atom stereocenters. The Balaban J connectivity index is 2.14. The molecule has 0 aliphatic heterocycles.